The quantitative estimate of drug-likeness (QED) is 0.643. The van der Waals surface area contributed by atoms with Gasteiger partial charge in [0.05, 0.1) is 11.1 Å². The normalized spacial score (nSPS) is 25.0. The minimum Gasteiger partial charge on any atom is -0.384 e. The van der Waals surface area contributed by atoms with Gasteiger partial charge in [0.15, 0.2) is 0 Å². The van der Waals surface area contributed by atoms with Crippen LogP contribution in [0.4, 0.5) is 0 Å². The van der Waals surface area contributed by atoms with E-state index in [0.29, 0.717) is 24.1 Å². The van der Waals surface area contributed by atoms with Gasteiger partial charge < -0.3 is 21.4 Å². The van der Waals surface area contributed by atoms with Crippen LogP contribution in [0.1, 0.15) is 39.5 Å². The topological polar surface area (TPSA) is 82.2 Å². The SMILES string of the molecule is CC1(C)CN(C2CCCC2)C(N)=C(C=N)NC1=O. The first-order valence-corrected chi connectivity index (χ1v) is 6.54. The molecular formula is C13H22N4O. The van der Waals surface area contributed by atoms with E-state index < -0.39 is 5.41 Å². The van der Waals surface area contributed by atoms with Crippen molar-refractivity contribution in [2.45, 2.75) is 45.6 Å². The van der Waals surface area contributed by atoms with Gasteiger partial charge in [-0.2, -0.15) is 0 Å². The molecule has 2 aliphatic rings. The molecule has 1 amide bonds. The third-order valence-corrected chi connectivity index (χ3v) is 3.92. The lowest BCUT2D eigenvalue weighted by Crippen LogP contribution is -2.44. The highest BCUT2D eigenvalue weighted by atomic mass is 16.2. The van der Waals surface area contributed by atoms with Crippen LogP contribution >= 0.6 is 0 Å². The second-order valence-electron chi connectivity index (χ2n) is 5.85. The molecule has 5 nitrogen and oxygen atoms in total. The molecule has 4 N–H and O–H groups in total. The van der Waals surface area contributed by atoms with Gasteiger partial charge in [0.2, 0.25) is 5.91 Å². The molecule has 1 saturated carbocycles. The molecule has 1 heterocycles. The zero-order chi connectivity index (χ0) is 13.3. The van der Waals surface area contributed by atoms with Crippen LogP contribution in [0.2, 0.25) is 0 Å². The van der Waals surface area contributed by atoms with E-state index in [1.165, 1.54) is 12.8 Å². The lowest BCUT2D eigenvalue weighted by Gasteiger charge is -2.34. The van der Waals surface area contributed by atoms with Gasteiger partial charge in [-0.25, -0.2) is 0 Å². The molecule has 18 heavy (non-hydrogen) atoms. The number of nitrogens with two attached hydrogens (primary N) is 1. The van der Waals surface area contributed by atoms with Crippen LogP contribution in [0.15, 0.2) is 11.5 Å². The molecule has 5 heteroatoms. The van der Waals surface area contributed by atoms with Crippen molar-refractivity contribution in [3.63, 3.8) is 0 Å². The molecular weight excluding hydrogens is 228 g/mol. The van der Waals surface area contributed by atoms with Crippen LogP contribution in [-0.2, 0) is 4.79 Å². The molecule has 2 rings (SSSR count). The number of carbonyl (C=O) groups excluding carboxylic acids is 1. The zero-order valence-corrected chi connectivity index (χ0v) is 11.1. The number of allylic oxidation sites excluding steroid dienone is 1. The second kappa shape index (κ2) is 4.63. The number of hydrogen-bond acceptors (Lipinski definition) is 4. The second-order valence-corrected chi connectivity index (χ2v) is 5.85. The largest absolute Gasteiger partial charge is 0.384 e. The van der Waals surface area contributed by atoms with Crippen LogP contribution in [0.5, 0.6) is 0 Å². The Hall–Kier alpha value is -1.52. The lowest BCUT2D eigenvalue weighted by atomic mass is 9.91. The maximum Gasteiger partial charge on any atom is 0.231 e. The van der Waals surface area contributed by atoms with Gasteiger partial charge >= 0.3 is 0 Å². The summed E-state index contributed by atoms with van der Waals surface area (Å²) >= 11 is 0. The fourth-order valence-electron chi connectivity index (χ4n) is 2.74. The first-order valence-electron chi connectivity index (χ1n) is 6.54. The predicted molar refractivity (Wildman–Crippen MR) is 70.9 cm³/mol. The van der Waals surface area contributed by atoms with Gasteiger partial charge in [-0.15, -0.1) is 0 Å². The molecule has 1 aliphatic heterocycles. The van der Waals surface area contributed by atoms with Crippen LogP contribution in [0, 0.1) is 10.8 Å². The van der Waals surface area contributed by atoms with Crippen molar-refractivity contribution >= 4 is 12.1 Å². The molecule has 0 saturated heterocycles. The fraction of sp³-hybridized carbons (Fsp3) is 0.692. The molecule has 0 spiro atoms. The van der Waals surface area contributed by atoms with Crippen LogP contribution in [0.3, 0.4) is 0 Å². The number of amides is 1. The fourth-order valence-corrected chi connectivity index (χ4v) is 2.74. The van der Waals surface area contributed by atoms with Gasteiger partial charge in [0.1, 0.15) is 5.82 Å². The Balaban J connectivity index is 2.34. The van der Waals surface area contributed by atoms with Gasteiger partial charge in [-0.05, 0) is 26.7 Å². The summed E-state index contributed by atoms with van der Waals surface area (Å²) in [6, 6.07) is 0.409. The van der Waals surface area contributed by atoms with E-state index >= 15 is 0 Å². The maximum atomic E-state index is 12.1. The van der Waals surface area contributed by atoms with Crippen molar-refractivity contribution in [1.82, 2.24) is 10.2 Å². The van der Waals surface area contributed by atoms with E-state index in [4.69, 9.17) is 11.1 Å². The molecule has 0 aromatic rings. The minimum atomic E-state index is -0.488. The van der Waals surface area contributed by atoms with E-state index in [-0.39, 0.29) is 5.91 Å². The van der Waals surface area contributed by atoms with Crippen molar-refractivity contribution in [1.29, 1.82) is 5.41 Å². The number of hydrogen-bond donors (Lipinski definition) is 3. The van der Waals surface area contributed by atoms with Crippen LogP contribution in [0.25, 0.3) is 0 Å². The van der Waals surface area contributed by atoms with Crippen molar-refractivity contribution in [2.24, 2.45) is 11.1 Å². The first-order chi connectivity index (χ1) is 8.45. The molecule has 0 unspecified atom stereocenters. The molecule has 0 aromatic carbocycles. The van der Waals surface area contributed by atoms with E-state index in [2.05, 4.69) is 10.2 Å². The third-order valence-electron chi connectivity index (χ3n) is 3.92. The number of nitrogens with one attached hydrogen (secondary N) is 2. The summed E-state index contributed by atoms with van der Waals surface area (Å²) in [7, 11) is 0. The summed E-state index contributed by atoms with van der Waals surface area (Å²) in [5, 5.41) is 10.2. The number of carbonyl (C=O) groups is 1. The maximum absolute atomic E-state index is 12.1. The van der Waals surface area contributed by atoms with Gasteiger partial charge in [0, 0.05) is 18.8 Å². The van der Waals surface area contributed by atoms with E-state index in [1.807, 2.05) is 13.8 Å². The predicted octanol–water partition coefficient (Wildman–Crippen LogP) is 1.16. The Bertz CT molecular complexity index is 394. The van der Waals surface area contributed by atoms with E-state index in [0.717, 1.165) is 19.1 Å². The Kier molecular flexibility index (Phi) is 3.32. The molecule has 0 bridgehead atoms. The molecule has 0 radical (unpaired) electrons. The zero-order valence-electron chi connectivity index (χ0n) is 11.1. The molecule has 100 valence electrons. The Labute approximate surface area is 108 Å². The third kappa shape index (κ3) is 2.21. The summed E-state index contributed by atoms with van der Waals surface area (Å²) in [5.41, 5.74) is 6.08. The lowest BCUT2D eigenvalue weighted by molar-refractivity contribution is -0.128. The average molecular weight is 250 g/mol. The first kappa shape index (κ1) is 12.9. The van der Waals surface area contributed by atoms with Crippen molar-refractivity contribution in [3.05, 3.63) is 11.5 Å². The Morgan fingerprint density at radius 2 is 2.06 bits per heavy atom. The van der Waals surface area contributed by atoms with E-state index in [1.54, 1.807) is 0 Å². The van der Waals surface area contributed by atoms with Crippen molar-refractivity contribution < 1.29 is 4.79 Å². The highest BCUT2D eigenvalue weighted by molar-refractivity contribution is 5.91. The summed E-state index contributed by atoms with van der Waals surface area (Å²) < 4.78 is 0. The molecule has 0 atom stereocenters. The highest BCUT2D eigenvalue weighted by Gasteiger charge is 2.37. The smallest absolute Gasteiger partial charge is 0.231 e. The molecule has 1 fully saturated rings. The minimum absolute atomic E-state index is 0.0653. The van der Waals surface area contributed by atoms with Gasteiger partial charge in [-0.1, -0.05) is 12.8 Å². The Morgan fingerprint density at radius 3 is 2.61 bits per heavy atom. The monoisotopic (exact) mass is 250 g/mol. The summed E-state index contributed by atoms with van der Waals surface area (Å²) in [5.74, 6) is 0.472. The molecule has 1 aliphatic carbocycles. The standard InChI is InChI=1S/C13H22N4O/c1-13(2)8-17(9-5-3-4-6-9)11(15)10(7-14)16-12(13)18/h7,9,14H,3-6,8,15H2,1-2H3,(H,16,18). The number of rotatable bonds is 2. The Morgan fingerprint density at radius 1 is 1.44 bits per heavy atom. The van der Waals surface area contributed by atoms with Crippen LogP contribution in [-0.4, -0.2) is 29.6 Å². The summed E-state index contributed by atoms with van der Waals surface area (Å²) in [6.45, 7) is 4.46. The number of nitrogens with zero attached hydrogens (tertiary/aromatic N) is 1. The summed E-state index contributed by atoms with van der Waals surface area (Å²) in [6.07, 6.45) is 5.81. The van der Waals surface area contributed by atoms with Crippen molar-refractivity contribution in [3.8, 4) is 0 Å². The molecule has 0 aromatic heterocycles. The van der Waals surface area contributed by atoms with Crippen LogP contribution < -0.4 is 11.1 Å². The highest BCUT2D eigenvalue weighted by Crippen LogP contribution is 2.31. The van der Waals surface area contributed by atoms with Gasteiger partial charge in [-0.3, -0.25) is 4.79 Å². The van der Waals surface area contributed by atoms with Crippen molar-refractivity contribution in [2.75, 3.05) is 6.54 Å². The van der Waals surface area contributed by atoms with Gasteiger partial charge in [0.25, 0.3) is 0 Å². The van der Waals surface area contributed by atoms with E-state index in [9.17, 15) is 4.79 Å². The summed E-state index contributed by atoms with van der Waals surface area (Å²) in [4.78, 5) is 14.2. The average Bonchev–Trinajstić information content (AvgIpc) is 2.82.